The predicted molar refractivity (Wildman–Crippen MR) is 189 cm³/mol. The Balaban J connectivity index is 0.000000166. The van der Waals surface area contributed by atoms with Crippen molar-refractivity contribution in [3.8, 4) is 0 Å². The van der Waals surface area contributed by atoms with Crippen molar-refractivity contribution in [2.75, 3.05) is 19.6 Å². The van der Waals surface area contributed by atoms with Gasteiger partial charge in [0, 0.05) is 0 Å². The van der Waals surface area contributed by atoms with Gasteiger partial charge >= 0.3 is 17.7 Å². The van der Waals surface area contributed by atoms with Crippen LogP contribution in [0.2, 0.25) is 0 Å². The molecule has 3 atom stereocenters. The van der Waals surface area contributed by atoms with Gasteiger partial charge in [-0.2, -0.15) is 21.9 Å². The summed E-state index contributed by atoms with van der Waals surface area (Å²) in [6.07, 6.45) is 3.64. The summed E-state index contributed by atoms with van der Waals surface area (Å²) in [4.78, 5) is 38.2. The van der Waals surface area contributed by atoms with E-state index in [1.807, 2.05) is 0 Å². The summed E-state index contributed by atoms with van der Waals surface area (Å²) >= 11 is 0. The Morgan fingerprint density at radius 1 is 0.447 bits per heavy atom. The number of benzene rings is 4. The van der Waals surface area contributed by atoms with E-state index in [4.69, 9.17) is 0 Å². The molecular formula is C39H45BN4O3. The molecule has 3 amide bonds. The smallest absolute Gasteiger partial charge is 0.302 e. The average Bonchev–Trinajstić information content (AvgIpc) is 3.96. The minimum Gasteiger partial charge on any atom is -0.302 e. The number of imide groups is 3. The molecule has 7 nitrogen and oxygen atoms in total. The van der Waals surface area contributed by atoms with Gasteiger partial charge in [-0.15, -0.1) is 4.90 Å². The van der Waals surface area contributed by atoms with Crippen LogP contribution in [-0.4, -0.2) is 61.6 Å². The highest BCUT2D eigenvalue weighted by Crippen LogP contribution is 2.10. The van der Waals surface area contributed by atoms with Crippen LogP contribution >= 0.6 is 0 Å². The van der Waals surface area contributed by atoms with Crippen molar-refractivity contribution in [3.63, 3.8) is 0 Å². The van der Waals surface area contributed by atoms with Crippen LogP contribution in [0.1, 0.15) is 38.5 Å². The molecule has 0 unspecified atom stereocenters. The lowest BCUT2D eigenvalue weighted by Gasteiger charge is -2.44. The van der Waals surface area contributed by atoms with E-state index in [1.165, 1.54) is 21.9 Å². The van der Waals surface area contributed by atoms with E-state index in [2.05, 4.69) is 137 Å². The summed E-state index contributed by atoms with van der Waals surface area (Å²) in [5, 5.41) is 9.34. The molecule has 0 aromatic heterocycles. The Morgan fingerprint density at radius 3 is 0.915 bits per heavy atom. The lowest BCUT2D eigenvalue weighted by Crippen LogP contribution is -3.23. The van der Waals surface area contributed by atoms with Crippen LogP contribution in [0.15, 0.2) is 121 Å². The molecule has 3 saturated heterocycles. The van der Waals surface area contributed by atoms with Crippen LogP contribution in [0.25, 0.3) is 0 Å². The van der Waals surface area contributed by atoms with E-state index in [-0.39, 0.29) is 40.7 Å². The van der Waals surface area contributed by atoms with Gasteiger partial charge in [0.2, 0.25) is 0 Å². The lowest BCUT2D eigenvalue weighted by atomic mass is 9.13. The van der Waals surface area contributed by atoms with E-state index in [0.717, 1.165) is 38.9 Å². The van der Waals surface area contributed by atoms with Crippen molar-refractivity contribution >= 4 is 45.7 Å². The third kappa shape index (κ3) is 7.06. The second-order valence-corrected chi connectivity index (χ2v) is 12.9. The van der Waals surface area contributed by atoms with Gasteiger partial charge < -0.3 is 16.0 Å². The summed E-state index contributed by atoms with van der Waals surface area (Å²) in [5.41, 5.74) is 5.36. The molecule has 4 aromatic carbocycles. The monoisotopic (exact) mass is 628 g/mol. The van der Waals surface area contributed by atoms with E-state index in [9.17, 15) is 14.4 Å². The molecule has 242 valence electrons. The summed E-state index contributed by atoms with van der Waals surface area (Å²) in [6, 6.07) is 42.4. The molecule has 3 aliphatic rings. The number of hydrogen-bond acceptors (Lipinski definition) is 6. The third-order valence-corrected chi connectivity index (χ3v) is 10.1. The van der Waals surface area contributed by atoms with Crippen molar-refractivity contribution in [3.05, 3.63) is 121 Å². The maximum absolute atomic E-state index is 12.7. The average molecular weight is 629 g/mol. The molecule has 0 spiro atoms. The fourth-order valence-corrected chi connectivity index (χ4v) is 7.73. The number of carbonyl (C=O) groups excluding carboxylic acids is 3. The molecule has 4 N–H and O–H groups in total. The van der Waals surface area contributed by atoms with Gasteiger partial charge in [0.1, 0.15) is 24.3 Å². The molecular weight excluding hydrogens is 583 g/mol. The van der Waals surface area contributed by atoms with Gasteiger partial charge in [0.15, 0.2) is 0 Å². The molecule has 8 heteroatoms. The molecule has 4 aromatic rings. The Labute approximate surface area is 278 Å². The summed E-state index contributed by atoms with van der Waals surface area (Å²) < 4.78 is 0. The van der Waals surface area contributed by atoms with E-state index >= 15 is 0 Å². The first-order valence-corrected chi connectivity index (χ1v) is 17.2. The Morgan fingerprint density at radius 2 is 0.702 bits per heavy atom. The zero-order valence-corrected chi connectivity index (χ0v) is 26.9. The van der Waals surface area contributed by atoms with E-state index in [1.54, 1.807) is 0 Å². The fraction of sp³-hybridized carbons (Fsp3) is 0.308. The summed E-state index contributed by atoms with van der Waals surface area (Å²) in [6.45, 7) is 2.32. The number of amides is 3. The van der Waals surface area contributed by atoms with Gasteiger partial charge in [-0.1, -0.05) is 121 Å². The molecule has 0 bridgehead atoms. The number of rotatable bonds is 7. The maximum atomic E-state index is 12.7. The first kappa shape index (κ1) is 32.7. The van der Waals surface area contributed by atoms with Crippen LogP contribution in [0.4, 0.5) is 0 Å². The Bertz CT molecular complexity index is 1370. The van der Waals surface area contributed by atoms with E-state index in [0.29, 0.717) is 19.3 Å². The minimum atomic E-state index is -1.22. The Kier molecular flexibility index (Phi) is 10.9. The second kappa shape index (κ2) is 15.6. The lowest BCUT2D eigenvalue weighted by molar-refractivity contribution is -0.660. The Hall–Kier alpha value is -4.21. The van der Waals surface area contributed by atoms with Crippen molar-refractivity contribution in [1.82, 2.24) is 16.0 Å². The number of nitrogens with one attached hydrogen (secondary N) is 4. The van der Waals surface area contributed by atoms with Gasteiger partial charge in [-0.25, -0.2) is 14.4 Å². The van der Waals surface area contributed by atoms with Crippen molar-refractivity contribution in [2.24, 2.45) is 0 Å². The summed E-state index contributed by atoms with van der Waals surface area (Å²) in [7, 11) is 0. The summed E-state index contributed by atoms with van der Waals surface area (Å²) in [5.74, 6) is -0.889. The van der Waals surface area contributed by atoms with Crippen LogP contribution < -0.4 is 42.7 Å². The van der Waals surface area contributed by atoms with Crippen molar-refractivity contribution < 1.29 is 19.3 Å². The zero-order valence-electron chi connectivity index (χ0n) is 26.9. The highest BCUT2D eigenvalue weighted by atomic mass is 16.2. The third-order valence-electron chi connectivity index (χ3n) is 10.1. The molecule has 0 saturated carbocycles. The first-order chi connectivity index (χ1) is 23.1. The maximum Gasteiger partial charge on any atom is 0.343 e. The molecule has 3 aliphatic heterocycles. The quantitative estimate of drug-likeness (QED) is 0.179. The fourth-order valence-electron chi connectivity index (χ4n) is 7.73. The van der Waals surface area contributed by atoms with Crippen LogP contribution in [0.3, 0.4) is 0 Å². The van der Waals surface area contributed by atoms with Gasteiger partial charge in [0.25, 0.3) is 0 Å². The normalized spacial score (nSPS) is 20.8. The largest absolute Gasteiger partial charge is 0.343 e. The molecule has 0 radical (unpaired) electrons. The predicted octanol–water partition coefficient (Wildman–Crippen LogP) is 0.771. The number of quaternary nitrogens is 1. The highest BCUT2D eigenvalue weighted by Gasteiger charge is 2.47. The van der Waals surface area contributed by atoms with Crippen LogP contribution in [-0.2, 0) is 14.4 Å². The van der Waals surface area contributed by atoms with Gasteiger partial charge in [-0.3, -0.25) is 0 Å². The van der Waals surface area contributed by atoms with Crippen molar-refractivity contribution in [2.45, 2.75) is 56.7 Å². The highest BCUT2D eigenvalue weighted by molar-refractivity contribution is 7.19. The molecule has 47 heavy (non-hydrogen) atoms. The van der Waals surface area contributed by atoms with Crippen molar-refractivity contribution in [1.29, 1.82) is 0 Å². The standard InChI is InChI=1S/C24H20B.C15H24N4O3/c1-5-13-21(14-6-1)25(22-15-7-2-8-16-22,23-17-9-3-10-18-23)24-19-11-4-12-20-24;20-13(10-4-1-7-16-10)19(14(21)11-5-2-8-17-11)15(22)12-6-3-9-18-12/h1-20H;10-12,16-18H,1-9H2/q-1;/p+1/t;10-,11-,12-/m.0/s1. The van der Waals surface area contributed by atoms with E-state index < -0.39 is 6.15 Å². The van der Waals surface area contributed by atoms with Crippen LogP contribution in [0, 0.1) is 0 Å². The molecule has 0 aliphatic carbocycles. The first-order valence-electron chi connectivity index (χ1n) is 17.2. The number of carbonyl (C=O) groups is 3. The van der Waals surface area contributed by atoms with Gasteiger partial charge in [0.05, 0.1) is 0 Å². The molecule has 3 fully saturated rings. The zero-order chi connectivity index (χ0) is 32.5. The van der Waals surface area contributed by atoms with Crippen LogP contribution in [0.5, 0.6) is 0 Å². The minimum absolute atomic E-state index is 0.0850. The number of hydrogen-bond donors (Lipinski definition) is 4. The second-order valence-electron chi connectivity index (χ2n) is 12.9. The molecule has 7 rings (SSSR count). The van der Waals surface area contributed by atoms with Gasteiger partial charge in [-0.05, 0) is 58.2 Å². The topological polar surface area (TPSA) is 91.7 Å². The SMILES string of the molecule is O=C([C@@H]1CCCN1)[NH+](C(=O)[C@@H]1CCCN1)C(=O)[C@@H]1CCCN1.c1ccc([B-](c2ccccc2)(c2ccccc2)c2ccccc2)cc1. The molecule has 3 heterocycles.